The van der Waals surface area contributed by atoms with E-state index in [0.717, 1.165) is 44.9 Å². The Morgan fingerprint density at radius 2 is 1.00 bits per heavy atom. The van der Waals surface area contributed by atoms with Crippen LogP contribution in [0.4, 0.5) is 0 Å². The number of unbranched alkanes of at least 4 members (excludes halogenated alkanes) is 23. The van der Waals surface area contributed by atoms with Crippen molar-refractivity contribution in [1.82, 2.24) is 5.32 Å². The predicted octanol–water partition coefficient (Wildman–Crippen LogP) is 6.89. The Hall–Kier alpha value is -0.920. The Labute approximate surface area is 320 Å². The van der Waals surface area contributed by atoms with Crippen LogP contribution in [0.25, 0.3) is 0 Å². The van der Waals surface area contributed by atoms with Gasteiger partial charge in [0.05, 0.1) is 18.8 Å². The first-order chi connectivity index (χ1) is 25.4. The van der Waals surface area contributed by atoms with Crippen LogP contribution in [0.1, 0.15) is 181 Å². The largest absolute Gasteiger partial charge is 0.472 e. The Bertz CT molecular complexity index is 957. The van der Waals surface area contributed by atoms with Gasteiger partial charge in [-0.25, -0.2) is 4.57 Å². The van der Waals surface area contributed by atoms with Crippen molar-refractivity contribution in [3.05, 3.63) is 12.2 Å². The molecule has 0 heterocycles. The Morgan fingerprint density at radius 3 is 1.43 bits per heavy atom. The minimum absolute atomic E-state index is 0.216. The molecule has 9 atom stereocenters. The van der Waals surface area contributed by atoms with Gasteiger partial charge in [-0.15, -0.1) is 0 Å². The summed E-state index contributed by atoms with van der Waals surface area (Å²) in [6, 6.07) is -1.11. The first-order valence-electron chi connectivity index (χ1n) is 21.1. The Morgan fingerprint density at radius 1 is 0.623 bits per heavy atom. The third-order valence-electron chi connectivity index (χ3n) is 10.3. The van der Waals surface area contributed by atoms with Crippen LogP contribution < -0.4 is 5.32 Å². The molecule has 53 heavy (non-hydrogen) atoms. The van der Waals surface area contributed by atoms with Crippen LogP contribution in [0.3, 0.4) is 0 Å². The standard InChI is InChI=1S/C40H78NO11P/c1-3-5-7-9-11-13-14-15-16-17-18-19-20-22-23-25-27-29-33(42)32(41-34(43)30-28-26-24-21-12-10-8-6-4-2)31-51-53(49,50)52-40-38(47)36(45)35(44)37(46)39(40)48/h27,29,32-33,35-40,42,44-48H,3-26,28,30-31H2,1-2H3,(H,41,43)(H,49,50)/b29-27+/t32-,33+,35?,36+,37?,38?,39?,40?/m0/s1. The number of amides is 1. The van der Waals surface area contributed by atoms with Gasteiger partial charge in [-0.05, 0) is 19.3 Å². The van der Waals surface area contributed by atoms with Crippen LogP contribution in [0.5, 0.6) is 0 Å². The number of carbonyl (C=O) groups excluding carboxylic acids is 1. The number of phosphoric acid groups is 1. The summed E-state index contributed by atoms with van der Waals surface area (Å²) in [4.78, 5) is 23.2. The summed E-state index contributed by atoms with van der Waals surface area (Å²) >= 11 is 0. The summed E-state index contributed by atoms with van der Waals surface area (Å²) in [6.45, 7) is 3.79. The molecule has 1 fully saturated rings. The number of aliphatic hydroxyl groups excluding tert-OH is 6. The third-order valence-corrected chi connectivity index (χ3v) is 11.3. The van der Waals surface area contributed by atoms with Gasteiger partial charge in [0.25, 0.3) is 0 Å². The van der Waals surface area contributed by atoms with Crippen LogP contribution in [-0.2, 0) is 18.4 Å². The smallest absolute Gasteiger partial charge is 0.387 e. The van der Waals surface area contributed by atoms with Crippen LogP contribution in [0, 0.1) is 0 Å². The van der Waals surface area contributed by atoms with Crippen molar-refractivity contribution < 1.29 is 53.9 Å². The van der Waals surface area contributed by atoms with Crippen molar-refractivity contribution in [2.24, 2.45) is 0 Å². The summed E-state index contributed by atoms with van der Waals surface area (Å²) in [5.41, 5.74) is 0. The fourth-order valence-electron chi connectivity index (χ4n) is 6.78. The first-order valence-corrected chi connectivity index (χ1v) is 22.6. The molecule has 0 radical (unpaired) electrons. The molecule has 1 amide bonds. The number of hydrogen-bond acceptors (Lipinski definition) is 10. The summed E-state index contributed by atoms with van der Waals surface area (Å²) in [6.07, 6.45) is 20.2. The van der Waals surface area contributed by atoms with Gasteiger partial charge in [0.1, 0.15) is 36.6 Å². The molecule has 1 saturated carbocycles. The van der Waals surface area contributed by atoms with E-state index in [0.29, 0.717) is 6.42 Å². The molecule has 12 nitrogen and oxygen atoms in total. The summed E-state index contributed by atoms with van der Waals surface area (Å²) in [7, 11) is -5.07. The molecule has 8 N–H and O–H groups in total. The lowest BCUT2D eigenvalue weighted by Gasteiger charge is -2.41. The molecule has 0 aromatic carbocycles. The molecular weight excluding hydrogens is 701 g/mol. The van der Waals surface area contributed by atoms with E-state index in [9.17, 15) is 44.9 Å². The second kappa shape index (κ2) is 31.2. The van der Waals surface area contributed by atoms with Gasteiger partial charge in [0.2, 0.25) is 5.91 Å². The van der Waals surface area contributed by atoms with E-state index >= 15 is 0 Å². The van der Waals surface area contributed by atoms with Crippen LogP contribution in [0.15, 0.2) is 12.2 Å². The molecule has 0 aromatic rings. The molecule has 6 unspecified atom stereocenters. The lowest BCUT2D eigenvalue weighted by molar-refractivity contribution is -0.220. The lowest BCUT2D eigenvalue weighted by Crippen LogP contribution is -2.64. The normalized spacial score (nSPS) is 24.3. The predicted molar refractivity (Wildman–Crippen MR) is 209 cm³/mol. The highest BCUT2D eigenvalue weighted by Gasteiger charge is 2.51. The van der Waals surface area contributed by atoms with E-state index in [1.165, 1.54) is 115 Å². The van der Waals surface area contributed by atoms with E-state index in [4.69, 9.17) is 9.05 Å². The zero-order valence-corrected chi connectivity index (χ0v) is 34.0. The fraction of sp³-hybridized carbons (Fsp3) is 0.925. The van der Waals surface area contributed by atoms with Crippen molar-refractivity contribution in [2.75, 3.05) is 6.61 Å². The van der Waals surface area contributed by atoms with Gasteiger partial charge >= 0.3 is 7.82 Å². The number of allylic oxidation sites excluding steroid dienone is 1. The summed E-state index contributed by atoms with van der Waals surface area (Å²) in [5, 5.41) is 63.7. The maximum absolute atomic E-state index is 12.8. The average molecular weight is 780 g/mol. The first kappa shape index (κ1) is 50.1. The second-order valence-electron chi connectivity index (χ2n) is 15.2. The lowest BCUT2D eigenvalue weighted by atomic mass is 9.85. The van der Waals surface area contributed by atoms with Gasteiger partial charge in [-0.2, -0.15) is 0 Å². The summed E-state index contributed by atoms with van der Waals surface area (Å²) in [5.74, 6) is -0.344. The summed E-state index contributed by atoms with van der Waals surface area (Å²) < 4.78 is 22.8. The van der Waals surface area contributed by atoms with E-state index in [2.05, 4.69) is 19.2 Å². The van der Waals surface area contributed by atoms with E-state index in [-0.39, 0.29) is 12.3 Å². The minimum Gasteiger partial charge on any atom is -0.387 e. The molecule has 0 bridgehead atoms. The van der Waals surface area contributed by atoms with Crippen molar-refractivity contribution in [3.8, 4) is 0 Å². The van der Waals surface area contributed by atoms with Crippen LogP contribution in [0.2, 0.25) is 0 Å². The molecule has 1 aliphatic carbocycles. The molecule has 314 valence electrons. The molecule has 0 spiro atoms. The number of rotatable bonds is 34. The molecular formula is C40H78NO11P. The molecule has 1 rings (SSSR count). The molecule has 0 aromatic heterocycles. The van der Waals surface area contributed by atoms with Gasteiger partial charge in [0.15, 0.2) is 0 Å². The molecule has 13 heteroatoms. The number of carbonyl (C=O) groups is 1. The third kappa shape index (κ3) is 23.7. The van der Waals surface area contributed by atoms with Crippen LogP contribution >= 0.6 is 7.82 Å². The number of hydrogen-bond donors (Lipinski definition) is 8. The molecule has 0 saturated heterocycles. The minimum atomic E-state index is -5.07. The zero-order valence-electron chi connectivity index (χ0n) is 33.1. The van der Waals surface area contributed by atoms with E-state index in [1.54, 1.807) is 0 Å². The zero-order chi connectivity index (χ0) is 39.3. The topological polar surface area (TPSA) is 206 Å². The maximum atomic E-state index is 12.8. The quantitative estimate of drug-likeness (QED) is 0.0192. The molecule has 0 aliphatic heterocycles. The van der Waals surface area contributed by atoms with Crippen molar-refractivity contribution >= 4 is 13.7 Å². The van der Waals surface area contributed by atoms with Gasteiger partial charge in [-0.3, -0.25) is 13.8 Å². The number of aliphatic hydroxyl groups is 6. The average Bonchev–Trinajstić information content (AvgIpc) is 3.13. The monoisotopic (exact) mass is 780 g/mol. The van der Waals surface area contributed by atoms with Gasteiger partial charge in [0, 0.05) is 6.42 Å². The Kier molecular flexibility index (Phi) is 29.5. The highest BCUT2D eigenvalue weighted by Crippen LogP contribution is 2.47. The number of phosphoric ester groups is 1. The van der Waals surface area contributed by atoms with Crippen molar-refractivity contribution in [2.45, 2.75) is 230 Å². The van der Waals surface area contributed by atoms with Crippen molar-refractivity contribution in [1.29, 1.82) is 0 Å². The van der Waals surface area contributed by atoms with Crippen molar-refractivity contribution in [3.63, 3.8) is 0 Å². The fourth-order valence-corrected chi connectivity index (χ4v) is 7.75. The van der Waals surface area contributed by atoms with Crippen LogP contribution in [-0.4, -0.2) is 96.8 Å². The Balaban J connectivity index is 2.52. The highest BCUT2D eigenvalue weighted by atomic mass is 31.2. The van der Waals surface area contributed by atoms with E-state index in [1.807, 2.05) is 6.08 Å². The maximum Gasteiger partial charge on any atom is 0.472 e. The van der Waals surface area contributed by atoms with E-state index < -0.39 is 63.2 Å². The highest BCUT2D eigenvalue weighted by molar-refractivity contribution is 7.47. The molecule has 1 aliphatic rings. The SMILES string of the molecule is CCCCCCCCCCCCCCCCC/C=C/[C@@H](O)[C@H](COP(=O)(O)OC1C(O)C(O)C(O)[C@@H](O)C1O)NC(=O)CCCCCCCCCCC. The van der Waals surface area contributed by atoms with Gasteiger partial charge < -0.3 is 40.8 Å². The van der Waals surface area contributed by atoms with Gasteiger partial charge in [-0.1, -0.05) is 167 Å². The second-order valence-corrected chi connectivity index (χ2v) is 16.6. The number of nitrogens with one attached hydrogen (secondary N) is 1.